The van der Waals surface area contributed by atoms with Crippen molar-refractivity contribution in [2.75, 3.05) is 18.6 Å². The average molecular weight is 336 g/mol. The SMILES string of the molecule is N=C(C=CC(=N)c1cc2ccc(O)cc2cc1NO)C1=CCNCC1. The fraction of sp³-hybridized carbons (Fsp3) is 0.158. The summed E-state index contributed by atoms with van der Waals surface area (Å²) in [5, 5.41) is 40.2. The maximum absolute atomic E-state index is 9.57. The Morgan fingerprint density at radius 2 is 1.88 bits per heavy atom. The lowest BCUT2D eigenvalue weighted by Gasteiger charge is -2.13. The van der Waals surface area contributed by atoms with E-state index in [0.717, 1.165) is 35.9 Å². The van der Waals surface area contributed by atoms with Gasteiger partial charge >= 0.3 is 0 Å². The van der Waals surface area contributed by atoms with Crippen molar-refractivity contribution in [3.8, 4) is 5.75 Å². The van der Waals surface area contributed by atoms with E-state index < -0.39 is 0 Å². The lowest BCUT2D eigenvalue weighted by molar-refractivity contribution is 0.389. The van der Waals surface area contributed by atoms with Gasteiger partial charge in [0.15, 0.2) is 0 Å². The minimum atomic E-state index is 0.141. The standard InChI is InChI=1S/C19H20N4O2/c20-17(12-5-7-22-8-6-12)3-4-18(21)16-10-13-1-2-15(24)9-14(13)11-19(16)23-25/h1-5,9-11,20-25H,6-8H2. The average Bonchev–Trinajstić information content (AvgIpc) is 2.65. The molecule has 2 aromatic rings. The summed E-state index contributed by atoms with van der Waals surface area (Å²) in [5.41, 5.74) is 4.56. The Morgan fingerprint density at radius 1 is 1.08 bits per heavy atom. The molecule has 1 aliphatic heterocycles. The minimum absolute atomic E-state index is 0.141. The fourth-order valence-electron chi connectivity index (χ4n) is 2.83. The molecule has 0 saturated carbocycles. The smallest absolute Gasteiger partial charge is 0.116 e. The first-order chi connectivity index (χ1) is 12.1. The Balaban J connectivity index is 1.88. The second-order valence-electron chi connectivity index (χ2n) is 5.89. The Hall–Kier alpha value is -2.96. The molecule has 6 nitrogen and oxygen atoms in total. The van der Waals surface area contributed by atoms with E-state index in [1.165, 1.54) is 0 Å². The van der Waals surface area contributed by atoms with Crippen LogP contribution < -0.4 is 10.8 Å². The van der Waals surface area contributed by atoms with Crippen LogP contribution in [0.25, 0.3) is 10.8 Å². The van der Waals surface area contributed by atoms with Gasteiger partial charge in [-0.3, -0.25) is 10.7 Å². The van der Waals surface area contributed by atoms with Crippen molar-refractivity contribution >= 4 is 27.9 Å². The summed E-state index contributed by atoms with van der Waals surface area (Å²) in [6.45, 7) is 1.62. The van der Waals surface area contributed by atoms with Crippen LogP contribution in [0.3, 0.4) is 0 Å². The van der Waals surface area contributed by atoms with Crippen molar-refractivity contribution in [3.05, 3.63) is 59.7 Å². The van der Waals surface area contributed by atoms with E-state index in [2.05, 4.69) is 10.8 Å². The number of hydrogen-bond acceptors (Lipinski definition) is 6. The molecular weight excluding hydrogens is 316 g/mol. The number of phenols is 1. The van der Waals surface area contributed by atoms with Gasteiger partial charge in [-0.15, -0.1) is 0 Å². The van der Waals surface area contributed by atoms with Gasteiger partial charge in [-0.05, 0) is 65.7 Å². The molecule has 6 heteroatoms. The number of allylic oxidation sites excluding steroid dienone is 2. The first-order valence-electron chi connectivity index (χ1n) is 8.01. The summed E-state index contributed by atoms with van der Waals surface area (Å²) in [6, 6.07) is 8.38. The Kier molecular flexibility index (Phi) is 4.92. The zero-order valence-electron chi connectivity index (χ0n) is 13.6. The van der Waals surface area contributed by atoms with Crippen LogP contribution in [0.15, 0.2) is 54.1 Å². The first-order valence-corrected chi connectivity index (χ1v) is 8.01. The van der Waals surface area contributed by atoms with Crippen LogP contribution in [0.4, 0.5) is 5.69 Å². The maximum atomic E-state index is 9.57. The van der Waals surface area contributed by atoms with Gasteiger partial charge in [-0.1, -0.05) is 12.1 Å². The predicted molar refractivity (Wildman–Crippen MR) is 100 cm³/mol. The second-order valence-corrected chi connectivity index (χ2v) is 5.89. The predicted octanol–water partition coefficient (Wildman–Crippen LogP) is 3.21. The van der Waals surface area contributed by atoms with Gasteiger partial charge < -0.3 is 21.2 Å². The van der Waals surface area contributed by atoms with E-state index in [-0.39, 0.29) is 11.5 Å². The van der Waals surface area contributed by atoms with Crippen LogP contribution in [0.2, 0.25) is 0 Å². The van der Waals surface area contributed by atoms with Crippen molar-refractivity contribution in [2.45, 2.75) is 6.42 Å². The maximum Gasteiger partial charge on any atom is 0.116 e. The highest BCUT2D eigenvalue weighted by molar-refractivity contribution is 6.16. The van der Waals surface area contributed by atoms with Gasteiger partial charge in [-0.2, -0.15) is 0 Å². The minimum Gasteiger partial charge on any atom is -0.508 e. The van der Waals surface area contributed by atoms with E-state index in [1.54, 1.807) is 42.5 Å². The molecule has 25 heavy (non-hydrogen) atoms. The molecule has 0 saturated heterocycles. The zero-order chi connectivity index (χ0) is 17.8. The summed E-state index contributed by atoms with van der Waals surface area (Å²) in [6.07, 6.45) is 5.97. The molecule has 0 fully saturated rings. The van der Waals surface area contributed by atoms with Crippen LogP contribution in [0.5, 0.6) is 5.75 Å². The van der Waals surface area contributed by atoms with E-state index in [0.29, 0.717) is 17.0 Å². The number of fused-ring (bicyclic) bond motifs is 1. The largest absolute Gasteiger partial charge is 0.508 e. The molecule has 1 aliphatic rings. The van der Waals surface area contributed by atoms with Crippen LogP contribution in [0.1, 0.15) is 12.0 Å². The topological polar surface area (TPSA) is 112 Å². The molecular formula is C19H20N4O2. The molecule has 0 amide bonds. The summed E-state index contributed by atoms with van der Waals surface area (Å²) in [5.74, 6) is 0.141. The van der Waals surface area contributed by atoms with Gasteiger partial charge in [0.1, 0.15) is 5.75 Å². The number of hydrogen-bond donors (Lipinski definition) is 6. The molecule has 0 bridgehead atoms. The van der Waals surface area contributed by atoms with E-state index in [4.69, 9.17) is 10.8 Å². The van der Waals surface area contributed by atoms with Gasteiger partial charge in [0.25, 0.3) is 0 Å². The molecule has 1 heterocycles. The summed E-state index contributed by atoms with van der Waals surface area (Å²) in [4.78, 5) is 0. The summed E-state index contributed by atoms with van der Waals surface area (Å²) < 4.78 is 0. The summed E-state index contributed by atoms with van der Waals surface area (Å²) in [7, 11) is 0. The first kappa shape index (κ1) is 16.9. The molecule has 6 N–H and O–H groups in total. The number of rotatable bonds is 5. The third kappa shape index (κ3) is 3.76. The van der Waals surface area contributed by atoms with Crippen molar-refractivity contribution in [3.63, 3.8) is 0 Å². The number of benzene rings is 2. The summed E-state index contributed by atoms with van der Waals surface area (Å²) >= 11 is 0. The number of nitrogens with one attached hydrogen (secondary N) is 4. The normalized spacial score (nSPS) is 14.5. The molecule has 0 aliphatic carbocycles. The number of phenolic OH excluding ortho intramolecular Hbond substituents is 1. The van der Waals surface area contributed by atoms with Crippen molar-refractivity contribution in [2.24, 2.45) is 0 Å². The number of anilines is 1. The zero-order valence-corrected chi connectivity index (χ0v) is 13.6. The van der Waals surface area contributed by atoms with Crippen molar-refractivity contribution in [1.29, 1.82) is 10.8 Å². The van der Waals surface area contributed by atoms with Gasteiger partial charge in [0.05, 0.1) is 17.1 Å². The molecule has 0 aromatic heterocycles. The van der Waals surface area contributed by atoms with E-state index in [9.17, 15) is 10.3 Å². The Bertz CT molecular complexity index is 900. The van der Waals surface area contributed by atoms with Gasteiger partial charge in [-0.25, -0.2) is 0 Å². The highest BCUT2D eigenvalue weighted by Gasteiger charge is 2.10. The van der Waals surface area contributed by atoms with Crippen LogP contribution in [0, 0.1) is 10.8 Å². The molecule has 0 spiro atoms. The van der Waals surface area contributed by atoms with E-state index in [1.807, 2.05) is 6.08 Å². The third-order valence-electron chi connectivity index (χ3n) is 4.20. The second kappa shape index (κ2) is 7.29. The Labute approximate surface area is 145 Å². The lowest BCUT2D eigenvalue weighted by Crippen LogP contribution is -2.22. The highest BCUT2D eigenvalue weighted by atomic mass is 16.5. The van der Waals surface area contributed by atoms with Gasteiger partial charge in [0, 0.05) is 12.1 Å². The molecule has 0 radical (unpaired) electrons. The molecule has 0 atom stereocenters. The van der Waals surface area contributed by atoms with E-state index >= 15 is 0 Å². The van der Waals surface area contributed by atoms with Gasteiger partial charge in [0.2, 0.25) is 0 Å². The highest BCUT2D eigenvalue weighted by Crippen LogP contribution is 2.27. The lowest BCUT2D eigenvalue weighted by atomic mass is 9.99. The third-order valence-corrected chi connectivity index (χ3v) is 4.20. The quantitative estimate of drug-likeness (QED) is 0.372. The van der Waals surface area contributed by atoms with Crippen LogP contribution in [-0.4, -0.2) is 34.8 Å². The molecule has 3 rings (SSSR count). The molecule has 128 valence electrons. The molecule has 0 unspecified atom stereocenters. The van der Waals surface area contributed by atoms with Crippen molar-refractivity contribution < 1.29 is 10.3 Å². The monoisotopic (exact) mass is 336 g/mol. The van der Waals surface area contributed by atoms with Crippen molar-refractivity contribution in [1.82, 2.24) is 5.32 Å². The van der Waals surface area contributed by atoms with Crippen LogP contribution in [-0.2, 0) is 0 Å². The Morgan fingerprint density at radius 3 is 2.60 bits per heavy atom. The fourth-order valence-corrected chi connectivity index (χ4v) is 2.83. The van der Waals surface area contributed by atoms with Crippen LogP contribution >= 0.6 is 0 Å². The molecule has 2 aromatic carbocycles. The number of aromatic hydroxyl groups is 1.